The van der Waals surface area contributed by atoms with Crippen LogP contribution in [0.4, 0.5) is 18.9 Å². The number of phenolic OH excluding ortho intramolecular Hbond substituents is 1. The van der Waals surface area contributed by atoms with Crippen LogP contribution in [0.1, 0.15) is 23.7 Å². The normalized spacial score (nSPS) is 10.8. The van der Waals surface area contributed by atoms with Crippen molar-refractivity contribution in [3.8, 4) is 5.75 Å². The van der Waals surface area contributed by atoms with E-state index in [0.717, 1.165) is 16.8 Å². The highest BCUT2D eigenvalue weighted by atomic mass is 19.2. The monoisotopic (exact) mass is 416 g/mol. The summed E-state index contributed by atoms with van der Waals surface area (Å²) in [5.41, 5.74) is -0.509. The fourth-order valence-corrected chi connectivity index (χ4v) is 3.08. The molecule has 8 heteroatoms. The van der Waals surface area contributed by atoms with Gasteiger partial charge in [0.05, 0.1) is 11.3 Å². The second-order valence-corrected chi connectivity index (χ2v) is 6.71. The molecule has 0 aliphatic rings. The van der Waals surface area contributed by atoms with Crippen molar-refractivity contribution in [3.63, 3.8) is 0 Å². The lowest BCUT2D eigenvalue weighted by Crippen LogP contribution is -2.38. The summed E-state index contributed by atoms with van der Waals surface area (Å²) in [6, 6.07) is 11.7. The SMILES string of the molecule is CCCN(CC(=O)Nc1ccc(F)c(F)c1F)C(=O)c1cc2ccccc2cc1O. The van der Waals surface area contributed by atoms with Crippen LogP contribution in [0.2, 0.25) is 0 Å². The van der Waals surface area contributed by atoms with Gasteiger partial charge in [0, 0.05) is 6.54 Å². The van der Waals surface area contributed by atoms with E-state index in [0.29, 0.717) is 12.5 Å². The lowest BCUT2D eigenvalue weighted by atomic mass is 10.0. The number of phenols is 1. The van der Waals surface area contributed by atoms with E-state index >= 15 is 0 Å². The highest BCUT2D eigenvalue weighted by molar-refractivity contribution is 6.03. The summed E-state index contributed by atoms with van der Waals surface area (Å²) in [7, 11) is 0. The van der Waals surface area contributed by atoms with E-state index in [1.54, 1.807) is 31.2 Å². The summed E-state index contributed by atoms with van der Waals surface area (Å²) in [6.45, 7) is 1.53. The summed E-state index contributed by atoms with van der Waals surface area (Å²) < 4.78 is 40.2. The van der Waals surface area contributed by atoms with Crippen LogP contribution in [0.15, 0.2) is 48.5 Å². The zero-order valence-corrected chi connectivity index (χ0v) is 16.1. The molecular formula is C22H19F3N2O3. The van der Waals surface area contributed by atoms with Gasteiger partial charge < -0.3 is 15.3 Å². The molecule has 0 atom stereocenters. The molecule has 2 N–H and O–H groups in total. The number of anilines is 1. The second kappa shape index (κ2) is 8.86. The molecule has 0 radical (unpaired) electrons. The van der Waals surface area contributed by atoms with Crippen LogP contribution in [0.5, 0.6) is 5.75 Å². The number of fused-ring (bicyclic) bond motifs is 1. The third-order valence-corrected chi connectivity index (χ3v) is 4.52. The van der Waals surface area contributed by atoms with Crippen LogP contribution in [0.3, 0.4) is 0 Å². The van der Waals surface area contributed by atoms with Crippen molar-refractivity contribution in [2.45, 2.75) is 13.3 Å². The molecule has 0 saturated heterocycles. The Kier molecular flexibility index (Phi) is 6.25. The van der Waals surface area contributed by atoms with Crippen LogP contribution in [0.25, 0.3) is 10.8 Å². The van der Waals surface area contributed by atoms with Crippen LogP contribution in [-0.4, -0.2) is 34.9 Å². The maximum Gasteiger partial charge on any atom is 0.258 e. The van der Waals surface area contributed by atoms with E-state index in [9.17, 15) is 27.9 Å². The van der Waals surface area contributed by atoms with Crippen molar-refractivity contribution in [1.29, 1.82) is 0 Å². The van der Waals surface area contributed by atoms with E-state index in [1.807, 2.05) is 0 Å². The first kappa shape index (κ1) is 21.2. The van der Waals surface area contributed by atoms with Crippen molar-refractivity contribution in [2.24, 2.45) is 0 Å². The number of carbonyl (C=O) groups excluding carboxylic acids is 2. The predicted octanol–water partition coefficient (Wildman–Crippen LogP) is 4.45. The molecule has 0 spiro atoms. The van der Waals surface area contributed by atoms with Gasteiger partial charge in [-0.15, -0.1) is 0 Å². The van der Waals surface area contributed by atoms with Gasteiger partial charge >= 0.3 is 0 Å². The standard InChI is InChI=1S/C22H19F3N2O3/c1-2-9-27(12-19(29)26-17-8-7-16(23)20(24)21(17)25)22(30)15-10-13-5-3-4-6-14(13)11-18(15)28/h3-8,10-11,28H,2,9,12H2,1H3,(H,26,29). The highest BCUT2D eigenvalue weighted by Gasteiger charge is 2.23. The van der Waals surface area contributed by atoms with Crippen LogP contribution in [-0.2, 0) is 4.79 Å². The molecule has 30 heavy (non-hydrogen) atoms. The van der Waals surface area contributed by atoms with Crippen molar-refractivity contribution in [1.82, 2.24) is 4.90 Å². The Morgan fingerprint density at radius 3 is 2.33 bits per heavy atom. The molecule has 0 aromatic heterocycles. The summed E-state index contributed by atoms with van der Waals surface area (Å²) in [5.74, 6) is -6.20. The first-order valence-electron chi connectivity index (χ1n) is 9.26. The molecule has 0 saturated carbocycles. The number of nitrogens with one attached hydrogen (secondary N) is 1. The van der Waals surface area contributed by atoms with Gasteiger partial charge in [-0.1, -0.05) is 31.2 Å². The van der Waals surface area contributed by atoms with Gasteiger partial charge in [-0.2, -0.15) is 0 Å². The van der Waals surface area contributed by atoms with E-state index in [4.69, 9.17) is 0 Å². The summed E-state index contributed by atoms with van der Waals surface area (Å²) >= 11 is 0. The molecule has 3 aromatic rings. The minimum Gasteiger partial charge on any atom is -0.507 e. The number of amides is 2. The van der Waals surface area contributed by atoms with Gasteiger partial charge in [-0.05, 0) is 41.5 Å². The maximum absolute atomic E-state index is 13.8. The van der Waals surface area contributed by atoms with Crippen LogP contribution >= 0.6 is 0 Å². The topological polar surface area (TPSA) is 69.6 Å². The molecule has 5 nitrogen and oxygen atoms in total. The lowest BCUT2D eigenvalue weighted by molar-refractivity contribution is -0.116. The zero-order valence-electron chi connectivity index (χ0n) is 16.1. The molecular weight excluding hydrogens is 397 g/mol. The minimum absolute atomic E-state index is 0.0222. The van der Waals surface area contributed by atoms with Gasteiger partial charge in [-0.25, -0.2) is 13.2 Å². The Bertz CT molecular complexity index is 1120. The van der Waals surface area contributed by atoms with Crippen LogP contribution < -0.4 is 5.32 Å². The molecule has 3 aromatic carbocycles. The Morgan fingerprint density at radius 2 is 1.67 bits per heavy atom. The Hall–Kier alpha value is -3.55. The van der Waals surface area contributed by atoms with Gasteiger partial charge in [0.15, 0.2) is 17.5 Å². The second-order valence-electron chi connectivity index (χ2n) is 6.71. The average molecular weight is 416 g/mol. The Morgan fingerprint density at radius 1 is 1.00 bits per heavy atom. The van der Waals surface area contributed by atoms with Crippen LogP contribution in [0, 0.1) is 17.5 Å². The largest absolute Gasteiger partial charge is 0.507 e. The molecule has 0 heterocycles. The molecule has 0 aliphatic carbocycles. The first-order chi connectivity index (χ1) is 14.3. The first-order valence-corrected chi connectivity index (χ1v) is 9.26. The van der Waals surface area contributed by atoms with Gasteiger partial charge in [-0.3, -0.25) is 9.59 Å². The number of aromatic hydroxyl groups is 1. The Labute approximate surface area is 170 Å². The van der Waals surface area contributed by atoms with Gasteiger partial charge in [0.2, 0.25) is 5.91 Å². The number of rotatable bonds is 6. The predicted molar refractivity (Wildman–Crippen MR) is 107 cm³/mol. The van der Waals surface area contributed by atoms with E-state index < -0.39 is 41.5 Å². The third kappa shape index (κ3) is 4.37. The number of hydrogen-bond acceptors (Lipinski definition) is 3. The summed E-state index contributed by atoms with van der Waals surface area (Å²) in [6.07, 6.45) is 0.521. The molecule has 0 bridgehead atoms. The number of carbonyl (C=O) groups is 2. The number of benzene rings is 3. The van der Waals surface area contributed by atoms with E-state index in [2.05, 4.69) is 5.32 Å². The average Bonchev–Trinajstić information content (AvgIpc) is 2.73. The fraction of sp³-hybridized carbons (Fsp3) is 0.182. The molecule has 0 unspecified atom stereocenters. The molecule has 0 fully saturated rings. The van der Waals surface area contributed by atoms with Crippen molar-refractivity contribution in [3.05, 3.63) is 71.5 Å². The van der Waals surface area contributed by atoms with Crippen molar-refractivity contribution < 1.29 is 27.9 Å². The number of nitrogens with zero attached hydrogens (tertiary/aromatic N) is 1. The van der Waals surface area contributed by atoms with E-state index in [1.165, 1.54) is 17.0 Å². The van der Waals surface area contributed by atoms with Gasteiger partial charge in [0.1, 0.15) is 12.3 Å². The fourth-order valence-electron chi connectivity index (χ4n) is 3.08. The molecule has 3 rings (SSSR count). The minimum atomic E-state index is -1.70. The molecule has 0 aliphatic heterocycles. The maximum atomic E-state index is 13.8. The Balaban J connectivity index is 1.82. The molecule has 2 amide bonds. The number of hydrogen-bond donors (Lipinski definition) is 2. The zero-order chi connectivity index (χ0) is 21.8. The van der Waals surface area contributed by atoms with Crippen molar-refractivity contribution >= 4 is 28.3 Å². The summed E-state index contributed by atoms with van der Waals surface area (Å²) in [4.78, 5) is 26.5. The van der Waals surface area contributed by atoms with Crippen molar-refractivity contribution in [2.75, 3.05) is 18.4 Å². The highest BCUT2D eigenvalue weighted by Crippen LogP contribution is 2.26. The van der Waals surface area contributed by atoms with Gasteiger partial charge in [0.25, 0.3) is 5.91 Å². The quantitative estimate of drug-likeness (QED) is 0.583. The molecule has 156 valence electrons. The number of halogens is 3. The smallest absolute Gasteiger partial charge is 0.258 e. The van der Waals surface area contributed by atoms with E-state index in [-0.39, 0.29) is 17.9 Å². The summed E-state index contributed by atoms with van der Waals surface area (Å²) in [5, 5.41) is 13.9. The third-order valence-electron chi connectivity index (χ3n) is 4.52. The lowest BCUT2D eigenvalue weighted by Gasteiger charge is -2.22.